The molecule has 3 aromatic carbocycles. The Morgan fingerprint density at radius 3 is 2.62 bits per heavy atom. The van der Waals surface area contributed by atoms with E-state index in [0.717, 1.165) is 11.1 Å². The number of hydrogen-bond acceptors (Lipinski definition) is 4. The number of fused-ring (bicyclic) bond motifs is 1. The minimum absolute atomic E-state index is 0.0611. The van der Waals surface area contributed by atoms with Crippen LogP contribution in [0.25, 0.3) is 16.6 Å². The Balaban J connectivity index is 1.62. The van der Waals surface area contributed by atoms with E-state index in [1.807, 2.05) is 13.0 Å². The van der Waals surface area contributed by atoms with E-state index >= 15 is 0 Å². The van der Waals surface area contributed by atoms with Gasteiger partial charge in [0, 0.05) is 11.6 Å². The Morgan fingerprint density at radius 2 is 1.84 bits per heavy atom. The summed E-state index contributed by atoms with van der Waals surface area (Å²) in [5.41, 5.74) is 2.49. The second-order valence-electron chi connectivity index (χ2n) is 7.13. The van der Waals surface area contributed by atoms with Crippen molar-refractivity contribution in [3.63, 3.8) is 0 Å². The summed E-state index contributed by atoms with van der Waals surface area (Å²) in [7, 11) is 0. The normalized spacial score (nSPS) is 11.0. The van der Waals surface area contributed by atoms with Gasteiger partial charge in [-0.3, -0.25) is 14.2 Å². The van der Waals surface area contributed by atoms with Crippen molar-refractivity contribution in [1.82, 2.24) is 14.9 Å². The number of nitrogens with zero attached hydrogens (tertiary/aromatic N) is 2. The van der Waals surface area contributed by atoms with Gasteiger partial charge in [-0.1, -0.05) is 53.7 Å². The maximum Gasteiger partial charge on any atom is 0.266 e. The molecule has 1 amide bonds. The second-order valence-corrected chi connectivity index (χ2v) is 8.48. The summed E-state index contributed by atoms with van der Waals surface area (Å²) in [5, 5.41) is 4.22. The van der Waals surface area contributed by atoms with Crippen molar-refractivity contribution in [2.24, 2.45) is 0 Å². The van der Waals surface area contributed by atoms with Crippen LogP contribution in [-0.4, -0.2) is 21.2 Å². The van der Waals surface area contributed by atoms with E-state index in [4.69, 9.17) is 11.6 Å². The molecular formula is C24H19ClFN3O2S. The number of amides is 1. The molecule has 0 fully saturated rings. The van der Waals surface area contributed by atoms with Crippen LogP contribution in [0, 0.1) is 12.7 Å². The van der Waals surface area contributed by atoms with Crippen molar-refractivity contribution in [3.05, 3.63) is 99.1 Å². The number of aromatic nitrogens is 2. The summed E-state index contributed by atoms with van der Waals surface area (Å²) in [4.78, 5) is 30.4. The molecule has 32 heavy (non-hydrogen) atoms. The highest BCUT2D eigenvalue weighted by Crippen LogP contribution is 2.26. The largest absolute Gasteiger partial charge is 0.351 e. The number of hydrogen-bond donors (Lipinski definition) is 1. The van der Waals surface area contributed by atoms with Crippen LogP contribution in [0.1, 0.15) is 11.1 Å². The van der Waals surface area contributed by atoms with Gasteiger partial charge < -0.3 is 5.32 Å². The van der Waals surface area contributed by atoms with Crippen LogP contribution >= 0.6 is 23.4 Å². The van der Waals surface area contributed by atoms with E-state index in [2.05, 4.69) is 10.3 Å². The van der Waals surface area contributed by atoms with Crippen molar-refractivity contribution < 1.29 is 9.18 Å². The van der Waals surface area contributed by atoms with Crippen molar-refractivity contribution >= 4 is 40.2 Å². The Morgan fingerprint density at radius 1 is 1.09 bits per heavy atom. The van der Waals surface area contributed by atoms with Crippen LogP contribution in [0.2, 0.25) is 5.02 Å². The molecule has 0 saturated carbocycles. The van der Waals surface area contributed by atoms with Crippen molar-refractivity contribution in [1.29, 1.82) is 0 Å². The molecule has 0 unspecified atom stereocenters. The number of carbonyl (C=O) groups is 1. The lowest BCUT2D eigenvalue weighted by molar-refractivity contribution is -0.118. The second kappa shape index (κ2) is 9.54. The molecule has 0 aliphatic carbocycles. The fourth-order valence-corrected chi connectivity index (χ4v) is 4.25. The van der Waals surface area contributed by atoms with Crippen molar-refractivity contribution in [3.8, 4) is 5.69 Å². The molecule has 0 aliphatic heterocycles. The summed E-state index contributed by atoms with van der Waals surface area (Å²) in [6.07, 6.45) is 0. The predicted octanol–water partition coefficient (Wildman–Crippen LogP) is 4.90. The zero-order chi connectivity index (χ0) is 22.7. The summed E-state index contributed by atoms with van der Waals surface area (Å²) >= 11 is 7.46. The Bertz CT molecular complexity index is 1360. The molecule has 4 rings (SSSR count). The van der Waals surface area contributed by atoms with Crippen LogP contribution in [0.15, 0.2) is 76.7 Å². The predicted molar refractivity (Wildman–Crippen MR) is 126 cm³/mol. The first-order valence-electron chi connectivity index (χ1n) is 9.85. The van der Waals surface area contributed by atoms with Gasteiger partial charge in [-0.2, -0.15) is 0 Å². The van der Waals surface area contributed by atoms with E-state index in [1.54, 1.807) is 48.5 Å². The average molecular weight is 468 g/mol. The average Bonchev–Trinajstić information content (AvgIpc) is 2.80. The highest BCUT2D eigenvalue weighted by molar-refractivity contribution is 7.99. The van der Waals surface area contributed by atoms with E-state index in [0.29, 0.717) is 26.8 Å². The minimum atomic E-state index is -0.327. The third-order valence-electron chi connectivity index (χ3n) is 4.96. The van der Waals surface area contributed by atoms with E-state index < -0.39 is 0 Å². The maximum atomic E-state index is 13.3. The summed E-state index contributed by atoms with van der Waals surface area (Å²) in [6.45, 7) is 2.12. The molecule has 5 nitrogen and oxygen atoms in total. The third kappa shape index (κ3) is 4.69. The fourth-order valence-electron chi connectivity index (χ4n) is 3.24. The van der Waals surface area contributed by atoms with E-state index in [9.17, 15) is 14.0 Å². The van der Waals surface area contributed by atoms with E-state index in [1.165, 1.54) is 28.5 Å². The molecule has 0 radical (unpaired) electrons. The molecule has 0 spiro atoms. The Kier molecular flexibility index (Phi) is 6.58. The molecule has 0 bridgehead atoms. The molecule has 1 N–H and O–H groups in total. The SMILES string of the molecule is Cc1c(Cl)cccc1-n1c(SCC(=O)NCc2ccc(F)cc2)nc2ccccc2c1=O. The fraction of sp³-hybridized carbons (Fsp3) is 0.125. The van der Waals surface area contributed by atoms with Gasteiger partial charge in [0.05, 0.1) is 22.3 Å². The zero-order valence-electron chi connectivity index (χ0n) is 17.1. The highest BCUT2D eigenvalue weighted by atomic mass is 35.5. The molecule has 4 aromatic rings. The Hall–Kier alpha value is -3.16. The Labute approximate surface area is 193 Å². The van der Waals surface area contributed by atoms with Gasteiger partial charge in [-0.15, -0.1) is 0 Å². The number of halogens is 2. The molecular weight excluding hydrogens is 449 g/mol. The van der Waals surface area contributed by atoms with Crippen LogP contribution in [0.3, 0.4) is 0 Å². The first kappa shape index (κ1) is 22.0. The maximum absolute atomic E-state index is 13.3. The van der Waals surface area contributed by atoms with Gasteiger partial charge in [-0.05, 0) is 54.4 Å². The van der Waals surface area contributed by atoms with Gasteiger partial charge in [0.25, 0.3) is 5.56 Å². The highest BCUT2D eigenvalue weighted by Gasteiger charge is 2.17. The molecule has 162 valence electrons. The zero-order valence-corrected chi connectivity index (χ0v) is 18.7. The van der Waals surface area contributed by atoms with E-state index in [-0.39, 0.29) is 29.6 Å². The lowest BCUT2D eigenvalue weighted by Gasteiger charge is -2.15. The first-order valence-corrected chi connectivity index (χ1v) is 11.2. The van der Waals surface area contributed by atoms with Gasteiger partial charge in [0.1, 0.15) is 5.82 Å². The molecule has 0 aliphatic rings. The van der Waals surface area contributed by atoms with Crippen LogP contribution in [0.5, 0.6) is 0 Å². The quantitative estimate of drug-likeness (QED) is 0.324. The molecule has 1 heterocycles. The molecule has 1 aromatic heterocycles. The lowest BCUT2D eigenvalue weighted by atomic mass is 10.2. The van der Waals surface area contributed by atoms with Crippen LogP contribution in [-0.2, 0) is 11.3 Å². The molecule has 8 heteroatoms. The lowest BCUT2D eigenvalue weighted by Crippen LogP contribution is -2.26. The first-order chi connectivity index (χ1) is 15.4. The number of rotatable bonds is 6. The van der Waals surface area contributed by atoms with Crippen molar-refractivity contribution in [2.45, 2.75) is 18.6 Å². The summed E-state index contributed by atoms with van der Waals surface area (Å²) in [6, 6.07) is 18.4. The third-order valence-corrected chi connectivity index (χ3v) is 6.31. The number of thioether (sulfide) groups is 1. The van der Waals surface area contributed by atoms with Crippen LogP contribution in [0.4, 0.5) is 4.39 Å². The van der Waals surface area contributed by atoms with Gasteiger partial charge in [0.15, 0.2) is 5.16 Å². The minimum Gasteiger partial charge on any atom is -0.351 e. The smallest absolute Gasteiger partial charge is 0.266 e. The summed E-state index contributed by atoms with van der Waals surface area (Å²) in [5.74, 6) is -0.491. The standard InChI is InChI=1S/C24H19ClFN3O2S/c1-15-19(25)6-4-8-21(15)29-23(31)18-5-2-3-7-20(18)28-24(29)32-14-22(30)27-13-16-9-11-17(26)12-10-16/h2-12H,13-14H2,1H3,(H,27,30). The molecule has 0 atom stereocenters. The summed E-state index contributed by atoms with van der Waals surface area (Å²) < 4.78 is 14.5. The van der Waals surface area contributed by atoms with Gasteiger partial charge >= 0.3 is 0 Å². The monoisotopic (exact) mass is 467 g/mol. The van der Waals surface area contributed by atoms with Crippen LogP contribution < -0.4 is 10.9 Å². The van der Waals surface area contributed by atoms with Gasteiger partial charge in [0.2, 0.25) is 5.91 Å². The number of carbonyl (C=O) groups excluding carboxylic acids is 1. The number of benzene rings is 3. The topological polar surface area (TPSA) is 64.0 Å². The molecule has 0 saturated heterocycles. The van der Waals surface area contributed by atoms with Gasteiger partial charge in [-0.25, -0.2) is 9.37 Å². The number of nitrogens with one attached hydrogen (secondary N) is 1. The van der Waals surface area contributed by atoms with Crippen molar-refractivity contribution in [2.75, 3.05) is 5.75 Å². The number of para-hydroxylation sites is 1.